The monoisotopic (exact) mass is 368 g/mol. The number of hydrogen-bond donors (Lipinski definition) is 2. The number of aromatic nitrogens is 2. The molecule has 24 heavy (non-hydrogen) atoms. The van der Waals surface area contributed by atoms with E-state index in [9.17, 15) is 4.79 Å². The van der Waals surface area contributed by atoms with Gasteiger partial charge in [0.25, 0.3) is 5.91 Å². The standard InChI is InChI=1S/C16H18Cl2N4O2/c1-10-9-13(21-16(20-10)19-7-4-8-24-2)15(23)22-14-11(17)5-3-6-12(14)18/h3,5-6,9H,4,7-8H2,1-2H3,(H,22,23)(H,19,20,21). The van der Waals surface area contributed by atoms with E-state index in [0.29, 0.717) is 40.5 Å². The number of ether oxygens (including phenoxy) is 1. The van der Waals surface area contributed by atoms with Crippen LogP contribution in [0.15, 0.2) is 24.3 Å². The van der Waals surface area contributed by atoms with Gasteiger partial charge in [-0.3, -0.25) is 4.79 Å². The lowest BCUT2D eigenvalue weighted by Crippen LogP contribution is -2.17. The molecule has 2 N–H and O–H groups in total. The highest BCUT2D eigenvalue weighted by molar-refractivity contribution is 6.40. The summed E-state index contributed by atoms with van der Waals surface area (Å²) in [5.74, 6) is -0.0167. The van der Waals surface area contributed by atoms with E-state index in [1.54, 1.807) is 38.3 Å². The molecule has 0 aliphatic rings. The minimum atomic E-state index is -0.407. The van der Waals surface area contributed by atoms with Crippen LogP contribution in [0.3, 0.4) is 0 Å². The number of rotatable bonds is 7. The third-order valence-corrected chi connectivity index (χ3v) is 3.73. The molecule has 0 bridgehead atoms. The number of nitrogens with zero attached hydrogens (tertiary/aromatic N) is 2. The van der Waals surface area contributed by atoms with E-state index in [-0.39, 0.29) is 5.69 Å². The number of carbonyl (C=O) groups is 1. The van der Waals surface area contributed by atoms with E-state index in [1.807, 2.05) is 0 Å². The van der Waals surface area contributed by atoms with Crippen molar-refractivity contribution in [1.29, 1.82) is 0 Å². The first-order valence-electron chi connectivity index (χ1n) is 7.35. The van der Waals surface area contributed by atoms with Crippen LogP contribution in [0.5, 0.6) is 0 Å². The van der Waals surface area contributed by atoms with Gasteiger partial charge < -0.3 is 15.4 Å². The van der Waals surface area contributed by atoms with Crippen LogP contribution in [-0.4, -0.2) is 36.1 Å². The summed E-state index contributed by atoms with van der Waals surface area (Å²) in [7, 11) is 1.64. The van der Waals surface area contributed by atoms with Crippen molar-refractivity contribution in [2.24, 2.45) is 0 Å². The second-order valence-electron chi connectivity index (χ2n) is 5.04. The summed E-state index contributed by atoms with van der Waals surface area (Å²) in [5, 5.41) is 6.47. The third kappa shape index (κ3) is 5.06. The number of amides is 1. The van der Waals surface area contributed by atoms with Crippen LogP contribution >= 0.6 is 23.2 Å². The average molecular weight is 369 g/mol. The van der Waals surface area contributed by atoms with Crippen LogP contribution in [0.25, 0.3) is 0 Å². The molecule has 8 heteroatoms. The van der Waals surface area contributed by atoms with Crippen molar-refractivity contribution >= 4 is 40.7 Å². The Morgan fingerprint density at radius 1 is 1.25 bits per heavy atom. The van der Waals surface area contributed by atoms with Gasteiger partial charge in [0.15, 0.2) is 0 Å². The molecule has 0 aliphatic carbocycles. The minimum absolute atomic E-state index is 0.229. The van der Waals surface area contributed by atoms with E-state index in [4.69, 9.17) is 27.9 Å². The maximum absolute atomic E-state index is 12.4. The van der Waals surface area contributed by atoms with Gasteiger partial charge in [-0.2, -0.15) is 0 Å². The predicted octanol–water partition coefficient (Wildman–Crippen LogP) is 3.79. The SMILES string of the molecule is COCCCNc1nc(C)cc(C(=O)Nc2c(Cl)cccc2Cl)n1. The van der Waals surface area contributed by atoms with E-state index >= 15 is 0 Å². The van der Waals surface area contributed by atoms with Crippen LogP contribution in [0.1, 0.15) is 22.6 Å². The van der Waals surface area contributed by atoms with Crippen molar-refractivity contribution in [2.45, 2.75) is 13.3 Å². The van der Waals surface area contributed by atoms with E-state index in [0.717, 1.165) is 6.42 Å². The number of halogens is 2. The average Bonchev–Trinajstić information content (AvgIpc) is 2.54. The Morgan fingerprint density at radius 2 is 1.96 bits per heavy atom. The molecule has 0 atom stereocenters. The smallest absolute Gasteiger partial charge is 0.274 e. The summed E-state index contributed by atoms with van der Waals surface area (Å²) in [6, 6.07) is 6.60. The van der Waals surface area contributed by atoms with Crippen molar-refractivity contribution in [3.8, 4) is 0 Å². The van der Waals surface area contributed by atoms with Gasteiger partial charge in [-0.15, -0.1) is 0 Å². The summed E-state index contributed by atoms with van der Waals surface area (Å²) in [5.41, 5.74) is 1.26. The van der Waals surface area contributed by atoms with Gasteiger partial charge in [0.05, 0.1) is 15.7 Å². The topological polar surface area (TPSA) is 76.1 Å². The Hall–Kier alpha value is -1.89. The molecule has 0 fully saturated rings. The van der Waals surface area contributed by atoms with Gasteiger partial charge >= 0.3 is 0 Å². The Labute approximate surface area is 150 Å². The van der Waals surface area contributed by atoms with E-state index < -0.39 is 5.91 Å². The van der Waals surface area contributed by atoms with Crippen LogP contribution in [-0.2, 0) is 4.74 Å². The fraction of sp³-hybridized carbons (Fsp3) is 0.312. The molecule has 1 aromatic heterocycles. The number of benzene rings is 1. The molecule has 0 unspecified atom stereocenters. The number of para-hydroxylation sites is 1. The molecule has 2 rings (SSSR count). The molecule has 1 amide bonds. The van der Waals surface area contributed by atoms with Gasteiger partial charge in [0, 0.05) is 26.0 Å². The van der Waals surface area contributed by atoms with Crippen LogP contribution in [0.2, 0.25) is 10.0 Å². The maximum atomic E-state index is 12.4. The zero-order valence-corrected chi connectivity index (χ0v) is 14.9. The number of hydrogen-bond acceptors (Lipinski definition) is 5. The maximum Gasteiger partial charge on any atom is 0.274 e. The Bertz CT molecular complexity index is 705. The highest BCUT2D eigenvalue weighted by atomic mass is 35.5. The molecule has 0 radical (unpaired) electrons. The lowest BCUT2D eigenvalue weighted by molar-refractivity contribution is 0.102. The fourth-order valence-electron chi connectivity index (χ4n) is 1.98. The minimum Gasteiger partial charge on any atom is -0.385 e. The lowest BCUT2D eigenvalue weighted by atomic mass is 10.3. The second-order valence-corrected chi connectivity index (χ2v) is 5.86. The molecule has 0 spiro atoms. The second kappa shape index (κ2) is 8.82. The number of anilines is 2. The number of methoxy groups -OCH3 is 1. The molecule has 0 saturated carbocycles. The van der Waals surface area contributed by atoms with Crippen molar-refractivity contribution in [1.82, 2.24) is 9.97 Å². The third-order valence-electron chi connectivity index (χ3n) is 3.10. The first kappa shape index (κ1) is 18.4. The van der Waals surface area contributed by atoms with Gasteiger partial charge in [-0.1, -0.05) is 29.3 Å². The number of aryl methyl sites for hydroxylation is 1. The van der Waals surface area contributed by atoms with Crippen molar-refractivity contribution in [3.05, 3.63) is 45.7 Å². The largest absolute Gasteiger partial charge is 0.385 e. The molecular weight excluding hydrogens is 351 g/mol. The molecule has 128 valence electrons. The van der Waals surface area contributed by atoms with Crippen LogP contribution in [0.4, 0.5) is 11.6 Å². The zero-order valence-electron chi connectivity index (χ0n) is 13.4. The van der Waals surface area contributed by atoms with Gasteiger partial charge in [0.2, 0.25) is 5.95 Å². The quantitative estimate of drug-likeness (QED) is 0.727. The van der Waals surface area contributed by atoms with Gasteiger partial charge in [0.1, 0.15) is 5.69 Å². The van der Waals surface area contributed by atoms with Gasteiger partial charge in [-0.25, -0.2) is 9.97 Å². The molecule has 0 saturated heterocycles. The summed E-state index contributed by atoms with van der Waals surface area (Å²) >= 11 is 12.1. The Balaban J connectivity index is 2.13. The first-order valence-corrected chi connectivity index (χ1v) is 8.10. The summed E-state index contributed by atoms with van der Waals surface area (Å²) in [6.45, 7) is 3.08. The van der Waals surface area contributed by atoms with Crippen LogP contribution < -0.4 is 10.6 Å². The summed E-state index contributed by atoms with van der Waals surface area (Å²) in [4.78, 5) is 20.9. The lowest BCUT2D eigenvalue weighted by Gasteiger charge is -2.10. The van der Waals surface area contributed by atoms with Crippen LogP contribution in [0, 0.1) is 6.92 Å². The molecular formula is C16H18Cl2N4O2. The summed E-state index contributed by atoms with van der Waals surface area (Å²) in [6.07, 6.45) is 0.810. The molecule has 2 aromatic rings. The van der Waals surface area contributed by atoms with Gasteiger partial charge in [-0.05, 0) is 31.5 Å². The van der Waals surface area contributed by atoms with E-state index in [2.05, 4.69) is 20.6 Å². The normalized spacial score (nSPS) is 10.5. The first-order chi connectivity index (χ1) is 11.5. The molecule has 1 heterocycles. The molecule has 6 nitrogen and oxygen atoms in total. The number of nitrogens with one attached hydrogen (secondary N) is 2. The zero-order chi connectivity index (χ0) is 17.5. The molecule has 1 aromatic carbocycles. The molecule has 0 aliphatic heterocycles. The van der Waals surface area contributed by atoms with Crippen molar-refractivity contribution in [2.75, 3.05) is 30.9 Å². The Morgan fingerprint density at radius 3 is 2.62 bits per heavy atom. The summed E-state index contributed by atoms with van der Waals surface area (Å²) < 4.78 is 4.98. The van der Waals surface area contributed by atoms with Crippen molar-refractivity contribution < 1.29 is 9.53 Å². The predicted molar refractivity (Wildman–Crippen MR) is 96.2 cm³/mol. The highest BCUT2D eigenvalue weighted by Gasteiger charge is 2.14. The van der Waals surface area contributed by atoms with E-state index in [1.165, 1.54) is 0 Å². The number of carbonyl (C=O) groups excluding carboxylic acids is 1. The fourth-order valence-corrected chi connectivity index (χ4v) is 2.47. The highest BCUT2D eigenvalue weighted by Crippen LogP contribution is 2.30. The van der Waals surface area contributed by atoms with Crippen molar-refractivity contribution in [3.63, 3.8) is 0 Å². The Kier molecular flexibility index (Phi) is 6.78.